The quantitative estimate of drug-likeness (QED) is 0.0326. The van der Waals surface area contributed by atoms with Crippen molar-refractivity contribution in [1.29, 1.82) is 0 Å². The normalized spacial score (nSPS) is 15.5. The standard InChI is InChI=1S/C58H68ClF3N4O11S/c1-37(41-11-13-42(14-12-41)54-38(2)64-36-78-54)65-55(71)52-33-45(69)35-66(52)56(72)49(57(3,4)5)32-43(67)19-22-74-24-26-76-28-27-75-25-23-73-21-6-7-53(70)51-34-47(18-20-63-51)77-46-15-8-39(9-16-46)29-44(68)30-40-10-17-50(59)48(31-40)58(60,61)62/h8-18,20,31,34,36-37,45,49,52,69H,6-7,19,21-30,32-33,35H2,1-5H3,(H,65,71)/t37-,45-,49?,52-/m0/s1. The highest BCUT2D eigenvalue weighted by Gasteiger charge is 2.44. The average molecular weight is 1120 g/mol. The number of aliphatic hydroxyl groups excluding tert-OH is 1. The molecule has 1 saturated heterocycles. The fraction of sp³-hybridized carbons (Fsp3) is 0.466. The fourth-order valence-electron chi connectivity index (χ4n) is 8.76. The van der Waals surface area contributed by atoms with E-state index in [-0.39, 0.29) is 105 Å². The number of pyridine rings is 1. The molecule has 78 heavy (non-hydrogen) atoms. The second-order valence-electron chi connectivity index (χ2n) is 20.2. The van der Waals surface area contributed by atoms with Crippen LogP contribution in [0.25, 0.3) is 10.4 Å². The van der Waals surface area contributed by atoms with Gasteiger partial charge in [0.05, 0.1) is 85.1 Å². The van der Waals surface area contributed by atoms with Crippen LogP contribution in [-0.4, -0.2) is 121 Å². The van der Waals surface area contributed by atoms with Gasteiger partial charge in [0.15, 0.2) is 5.78 Å². The van der Waals surface area contributed by atoms with E-state index in [0.29, 0.717) is 63.1 Å². The lowest BCUT2D eigenvalue weighted by atomic mass is 9.76. The third-order valence-corrected chi connectivity index (χ3v) is 14.4. The molecular weight excluding hydrogens is 1050 g/mol. The number of rotatable bonds is 30. The van der Waals surface area contributed by atoms with Crippen molar-refractivity contribution in [2.75, 3.05) is 59.4 Å². The number of ether oxygens (including phenoxy) is 5. The number of benzene rings is 3. The van der Waals surface area contributed by atoms with Gasteiger partial charge in [-0.1, -0.05) is 74.8 Å². The topological polar surface area (TPSA) is 193 Å². The average Bonchev–Trinajstić information content (AvgIpc) is 4.02. The molecule has 2 aromatic heterocycles. The highest BCUT2D eigenvalue weighted by atomic mass is 35.5. The van der Waals surface area contributed by atoms with E-state index in [1.807, 2.05) is 64.4 Å². The summed E-state index contributed by atoms with van der Waals surface area (Å²) in [4.78, 5) is 77.4. The Bertz CT molecular complexity index is 2790. The van der Waals surface area contributed by atoms with E-state index in [2.05, 4.69) is 15.3 Å². The molecule has 0 bridgehead atoms. The van der Waals surface area contributed by atoms with Crippen LogP contribution in [0, 0.1) is 18.3 Å². The first-order valence-electron chi connectivity index (χ1n) is 25.9. The highest BCUT2D eigenvalue weighted by Crippen LogP contribution is 2.37. The van der Waals surface area contributed by atoms with Crippen LogP contribution in [0.4, 0.5) is 13.2 Å². The summed E-state index contributed by atoms with van der Waals surface area (Å²) in [6.07, 6.45) is -3.33. The van der Waals surface area contributed by atoms with Gasteiger partial charge in [0.2, 0.25) is 11.8 Å². The Balaban J connectivity index is 0.785. The van der Waals surface area contributed by atoms with Gasteiger partial charge < -0.3 is 39.0 Å². The van der Waals surface area contributed by atoms with Crippen LogP contribution < -0.4 is 10.1 Å². The van der Waals surface area contributed by atoms with Crippen LogP contribution >= 0.6 is 22.9 Å². The van der Waals surface area contributed by atoms with Crippen LogP contribution in [0.5, 0.6) is 11.5 Å². The van der Waals surface area contributed by atoms with Gasteiger partial charge in [0.25, 0.3) is 0 Å². The predicted octanol–water partition coefficient (Wildman–Crippen LogP) is 10.2. The Hall–Kier alpha value is -5.93. The monoisotopic (exact) mass is 1120 g/mol. The Morgan fingerprint density at radius 2 is 1.41 bits per heavy atom. The Morgan fingerprint density at radius 3 is 2.04 bits per heavy atom. The van der Waals surface area contributed by atoms with E-state index in [9.17, 15) is 42.3 Å². The predicted molar refractivity (Wildman–Crippen MR) is 289 cm³/mol. The van der Waals surface area contributed by atoms with Gasteiger partial charge >= 0.3 is 6.18 Å². The molecule has 1 unspecified atom stereocenters. The molecule has 1 aliphatic rings. The first-order chi connectivity index (χ1) is 37.2. The summed E-state index contributed by atoms with van der Waals surface area (Å²) in [5.74, 6) is -1.16. The van der Waals surface area contributed by atoms with E-state index in [1.165, 1.54) is 23.2 Å². The molecule has 0 saturated carbocycles. The van der Waals surface area contributed by atoms with Gasteiger partial charge in [-0.2, -0.15) is 13.2 Å². The molecule has 20 heteroatoms. The number of Topliss-reactive ketones (excluding diaryl/α,β-unsaturated/α-hetero) is 3. The van der Waals surface area contributed by atoms with Gasteiger partial charge in [0.1, 0.15) is 34.8 Å². The van der Waals surface area contributed by atoms with Gasteiger partial charge in [-0.05, 0) is 78.3 Å². The molecule has 5 aromatic rings. The van der Waals surface area contributed by atoms with Gasteiger partial charge in [0, 0.05) is 69.9 Å². The number of hydrogen-bond acceptors (Lipinski definition) is 14. The van der Waals surface area contributed by atoms with Crippen molar-refractivity contribution in [3.8, 4) is 21.9 Å². The number of aromatic nitrogens is 2. The molecule has 420 valence electrons. The summed E-state index contributed by atoms with van der Waals surface area (Å²) >= 11 is 7.26. The number of amides is 2. The third kappa shape index (κ3) is 18.9. The minimum absolute atomic E-state index is 0.00837. The number of aliphatic hydroxyl groups is 1. The summed E-state index contributed by atoms with van der Waals surface area (Å²) in [5, 5.41) is 13.2. The number of nitrogens with zero attached hydrogens (tertiary/aromatic N) is 3. The SMILES string of the molecule is Cc1ncsc1-c1ccc([C@H](C)NC(=O)[C@@H]2C[C@H](O)CN2C(=O)C(CC(=O)CCOCCOCCOCCOCCCC(=O)c2cc(Oc3ccc(CC(=O)Cc4ccc(Cl)c(C(F)(F)F)c4)cc3)ccn2)C(C)(C)C)cc1. The van der Waals surface area contributed by atoms with E-state index < -0.39 is 40.2 Å². The van der Waals surface area contributed by atoms with Crippen LogP contribution in [0.1, 0.15) is 104 Å². The molecule has 2 N–H and O–H groups in total. The summed E-state index contributed by atoms with van der Waals surface area (Å²) in [6.45, 7) is 11.9. The molecule has 2 amide bonds. The largest absolute Gasteiger partial charge is 0.457 e. The number of halogens is 4. The first-order valence-corrected chi connectivity index (χ1v) is 27.2. The molecule has 3 heterocycles. The van der Waals surface area contributed by atoms with E-state index >= 15 is 0 Å². The van der Waals surface area contributed by atoms with Gasteiger partial charge in [-0.3, -0.25) is 29.0 Å². The first kappa shape index (κ1) is 61.3. The van der Waals surface area contributed by atoms with Crippen LogP contribution in [0.3, 0.4) is 0 Å². The second kappa shape index (κ2) is 29.3. The lowest BCUT2D eigenvalue weighted by Gasteiger charge is -2.35. The highest BCUT2D eigenvalue weighted by molar-refractivity contribution is 7.13. The number of aryl methyl sites for hydroxylation is 1. The number of hydrogen-bond donors (Lipinski definition) is 2. The molecule has 0 aliphatic carbocycles. The lowest BCUT2D eigenvalue weighted by Crippen LogP contribution is -2.50. The summed E-state index contributed by atoms with van der Waals surface area (Å²) in [6, 6.07) is 20.0. The van der Waals surface area contributed by atoms with Crippen molar-refractivity contribution in [2.24, 2.45) is 11.3 Å². The van der Waals surface area contributed by atoms with Crippen LogP contribution in [0.2, 0.25) is 5.02 Å². The van der Waals surface area contributed by atoms with Crippen molar-refractivity contribution in [3.63, 3.8) is 0 Å². The Labute approximate surface area is 462 Å². The van der Waals surface area contributed by atoms with Crippen molar-refractivity contribution in [3.05, 3.63) is 129 Å². The third-order valence-electron chi connectivity index (χ3n) is 13.1. The van der Waals surface area contributed by atoms with E-state index in [0.717, 1.165) is 33.8 Å². The van der Waals surface area contributed by atoms with Crippen LogP contribution in [0.15, 0.2) is 90.6 Å². The molecule has 4 atom stereocenters. The number of nitrogens with one attached hydrogen (secondary N) is 1. The smallest absolute Gasteiger partial charge is 0.417 e. The number of ketones is 3. The zero-order valence-electron chi connectivity index (χ0n) is 44.6. The number of carbonyl (C=O) groups is 5. The van der Waals surface area contributed by atoms with E-state index in [4.69, 9.17) is 35.3 Å². The zero-order chi connectivity index (χ0) is 56.4. The molecule has 6 rings (SSSR count). The van der Waals surface area contributed by atoms with Crippen molar-refractivity contribution >= 4 is 52.1 Å². The van der Waals surface area contributed by atoms with Crippen LogP contribution in [-0.2, 0) is 57.1 Å². The Morgan fingerprint density at radius 1 is 0.782 bits per heavy atom. The minimum Gasteiger partial charge on any atom is -0.457 e. The zero-order valence-corrected chi connectivity index (χ0v) is 46.1. The number of β-amino-alcohol motifs (C(OH)–C–C–N with tert-alkyl or cyclic N) is 1. The summed E-state index contributed by atoms with van der Waals surface area (Å²) < 4.78 is 68.0. The van der Waals surface area contributed by atoms with Crippen molar-refractivity contribution in [2.45, 2.75) is 104 Å². The molecule has 0 spiro atoms. The molecule has 1 fully saturated rings. The lowest BCUT2D eigenvalue weighted by molar-refractivity contribution is -0.146. The Kier molecular flexibility index (Phi) is 23.0. The maximum atomic E-state index is 14.1. The van der Waals surface area contributed by atoms with Crippen molar-refractivity contribution in [1.82, 2.24) is 20.2 Å². The summed E-state index contributed by atoms with van der Waals surface area (Å²) in [5.41, 5.74) is 4.23. The minimum atomic E-state index is -4.62. The van der Waals surface area contributed by atoms with Gasteiger partial charge in [-0.25, -0.2) is 4.98 Å². The fourth-order valence-corrected chi connectivity index (χ4v) is 9.80. The molecule has 1 aliphatic heterocycles. The second-order valence-corrected chi connectivity index (χ2v) is 21.5. The van der Waals surface area contributed by atoms with E-state index in [1.54, 1.807) is 41.7 Å². The van der Waals surface area contributed by atoms with Crippen molar-refractivity contribution < 1.29 is 65.9 Å². The maximum absolute atomic E-state index is 14.1. The molecule has 3 aromatic carbocycles. The number of carbonyl (C=O) groups excluding carboxylic acids is 5. The molecule has 15 nitrogen and oxygen atoms in total. The van der Waals surface area contributed by atoms with Gasteiger partial charge in [-0.15, -0.1) is 11.3 Å². The molecular formula is C58H68ClF3N4O11S. The number of likely N-dealkylation sites (tertiary alicyclic amines) is 1. The molecule has 0 radical (unpaired) electrons. The summed E-state index contributed by atoms with van der Waals surface area (Å²) in [7, 11) is 0. The maximum Gasteiger partial charge on any atom is 0.417 e. The number of alkyl halides is 3. The number of thiazole rings is 1.